The zero-order valence-corrected chi connectivity index (χ0v) is 14.2. The Morgan fingerprint density at radius 2 is 1.95 bits per heavy atom. The Balaban J connectivity index is 1.69. The Bertz CT molecular complexity index is 345. The van der Waals surface area contributed by atoms with Crippen LogP contribution >= 0.6 is 0 Å². The maximum absolute atomic E-state index is 12.0. The van der Waals surface area contributed by atoms with Crippen LogP contribution < -0.4 is 5.32 Å². The molecular weight excluding hydrogens is 264 g/mol. The van der Waals surface area contributed by atoms with Gasteiger partial charge in [-0.05, 0) is 65.3 Å². The molecule has 1 heterocycles. The molecule has 0 aromatic heterocycles. The molecule has 2 rings (SSSR count). The average molecular weight is 296 g/mol. The van der Waals surface area contributed by atoms with E-state index in [1.807, 2.05) is 25.7 Å². The lowest BCUT2D eigenvalue weighted by molar-refractivity contribution is 0.0288. The first-order valence-corrected chi connectivity index (χ1v) is 8.56. The Kier molecular flexibility index (Phi) is 5.53. The van der Waals surface area contributed by atoms with Gasteiger partial charge in [-0.25, -0.2) is 4.79 Å². The van der Waals surface area contributed by atoms with E-state index in [1.54, 1.807) is 0 Å². The summed E-state index contributed by atoms with van der Waals surface area (Å²) >= 11 is 0. The van der Waals surface area contributed by atoms with E-state index in [4.69, 9.17) is 4.74 Å². The van der Waals surface area contributed by atoms with Gasteiger partial charge in [-0.1, -0.05) is 12.8 Å². The van der Waals surface area contributed by atoms with Crippen molar-refractivity contribution in [3.8, 4) is 0 Å². The van der Waals surface area contributed by atoms with Crippen molar-refractivity contribution < 1.29 is 9.53 Å². The molecule has 122 valence electrons. The van der Waals surface area contributed by atoms with Gasteiger partial charge < -0.3 is 15.0 Å². The lowest BCUT2D eigenvalue weighted by Gasteiger charge is -2.25. The number of hydrogen-bond donors (Lipinski definition) is 1. The van der Waals surface area contributed by atoms with Crippen LogP contribution in [0.3, 0.4) is 0 Å². The molecule has 1 N–H and O–H groups in total. The third kappa shape index (κ3) is 5.17. The summed E-state index contributed by atoms with van der Waals surface area (Å²) in [5.41, 5.74) is -0.398. The highest BCUT2D eigenvalue weighted by Gasteiger charge is 2.30. The minimum absolute atomic E-state index is 0.158. The molecule has 1 aliphatic heterocycles. The van der Waals surface area contributed by atoms with Crippen molar-refractivity contribution in [3.05, 3.63) is 0 Å². The fourth-order valence-corrected chi connectivity index (χ4v) is 3.47. The van der Waals surface area contributed by atoms with Crippen molar-refractivity contribution >= 4 is 6.09 Å². The fourth-order valence-electron chi connectivity index (χ4n) is 3.47. The molecule has 1 amide bonds. The van der Waals surface area contributed by atoms with Crippen LogP contribution in [-0.2, 0) is 4.74 Å². The Labute approximate surface area is 129 Å². The summed E-state index contributed by atoms with van der Waals surface area (Å²) in [4.78, 5) is 13.9. The van der Waals surface area contributed by atoms with Crippen LogP contribution in [0.4, 0.5) is 4.79 Å². The van der Waals surface area contributed by atoms with Crippen LogP contribution in [0.1, 0.15) is 59.8 Å². The molecule has 1 saturated carbocycles. The molecule has 4 heteroatoms. The minimum atomic E-state index is -0.398. The van der Waals surface area contributed by atoms with Crippen molar-refractivity contribution in [2.45, 2.75) is 71.4 Å². The summed E-state index contributed by atoms with van der Waals surface area (Å²) in [6, 6.07) is 0.614. The second-order valence-corrected chi connectivity index (χ2v) is 7.82. The lowest BCUT2D eigenvalue weighted by Crippen LogP contribution is -2.38. The van der Waals surface area contributed by atoms with Crippen LogP contribution in [0, 0.1) is 11.8 Å². The van der Waals surface area contributed by atoms with E-state index in [-0.39, 0.29) is 6.09 Å². The van der Waals surface area contributed by atoms with Crippen LogP contribution in [0.15, 0.2) is 0 Å². The second-order valence-electron chi connectivity index (χ2n) is 7.82. The highest BCUT2D eigenvalue weighted by atomic mass is 16.6. The van der Waals surface area contributed by atoms with Crippen molar-refractivity contribution in [2.24, 2.45) is 11.8 Å². The zero-order valence-electron chi connectivity index (χ0n) is 14.2. The average Bonchev–Trinajstić information content (AvgIpc) is 3.05. The number of nitrogens with zero attached hydrogens (tertiary/aromatic N) is 1. The SMILES string of the molecule is CC(NCC1CCN(C(=O)OC(C)(C)C)C1)C1CCCC1. The molecule has 2 unspecified atom stereocenters. The molecule has 0 bridgehead atoms. The summed E-state index contributed by atoms with van der Waals surface area (Å²) < 4.78 is 5.44. The van der Waals surface area contributed by atoms with E-state index >= 15 is 0 Å². The van der Waals surface area contributed by atoms with Crippen molar-refractivity contribution in [1.29, 1.82) is 0 Å². The van der Waals surface area contributed by atoms with E-state index in [2.05, 4.69) is 12.2 Å². The maximum Gasteiger partial charge on any atom is 0.410 e. The summed E-state index contributed by atoms with van der Waals surface area (Å²) in [6.45, 7) is 10.8. The number of nitrogens with one attached hydrogen (secondary N) is 1. The van der Waals surface area contributed by atoms with Gasteiger partial charge in [-0.15, -0.1) is 0 Å². The molecule has 0 aromatic rings. The number of rotatable bonds is 4. The quantitative estimate of drug-likeness (QED) is 0.864. The number of likely N-dealkylation sites (tertiary alicyclic amines) is 1. The number of carbonyl (C=O) groups is 1. The molecular formula is C17H32N2O2. The number of carbonyl (C=O) groups excluding carboxylic acids is 1. The van der Waals surface area contributed by atoms with E-state index in [9.17, 15) is 4.79 Å². The Morgan fingerprint density at radius 1 is 1.29 bits per heavy atom. The lowest BCUT2D eigenvalue weighted by atomic mass is 9.99. The molecule has 4 nitrogen and oxygen atoms in total. The number of hydrogen-bond acceptors (Lipinski definition) is 3. The molecule has 21 heavy (non-hydrogen) atoms. The molecule has 2 atom stereocenters. The predicted molar refractivity (Wildman–Crippen MR) is 85.3 cm³/mol. The number of ether oxygens (including phenoxy) is 1. The topological polar surface area (TPSA) is 41.6 Å². The molecule has 0 spiro atoms. The van der Waals surface area contributed by atoms with Gasteiger partial charge >= 0.3 is 6.09 Å². The van der Waals surface area contributed by atoms with Crippen molar-refractivity contribution in [3.63, 3.8) is 0 Å². The van der Waals surface area contributed by atoms with Gasteiger partial charge in [0.2, 0.25) is 0 Å². The maximum atomic E-state index is 12.0. The standard InChI is InChI=1S/C17H32N2O2/c1-13(15-7-5-6-8-15)18-11-14-9-10-19(12-14)16(20)21-17(2,3)4/h13-15,18H,5-12H2,1-4H3. The smallest absolute Gasteiger partial charge is 0.410 e. The van der Waals surface area contributed by atoms with Crippen molar-refractivity contribution in [1.82, 2.24) is 10.2 Å². The summed E-state index contributed by atoms with van der Waals surface area (Å²) in [7, 11) is 0. The predicted octanol–water partition coefficient (Wildman–Crippen LogP) is 3.41. The van der Waals surface area contributed by atoms with E-state index in [0.29, 0.717) is 12.0 Å². The van der Waals surface area contributed by atoms with Gasteiger partial charge in [0.1, 0.15) is 5.60 Å². The van der Waals surface area contributed by atoms with Crippen molar-refractivity contribution in [2.75, 3.05) is 19.6 Å². The Hall–Kier alpha value is -0.770. The van der Waals surface area contributed by atoms with Gasteiger partial charge in [-0.3, -0.25) is 0 Å². The largest absolute Gasteiger partial charge is 0.444 e. The molecule has 0 radical (unpaired) electrons. The summed E-state index contributed by atoms with van der Waals surface area (Å²) in [5, 5.41) is 3.70. The minimum Gasteiger partial charge on any atom is -0.444 e. The highest BCUT2D eigenvalue weighted by molar-refractivity contribution is 5.68. The normalized spacial score (nSPS) is 25.3. The first-order chi connectivity index (χ1) is 9.85. The van der Waals surface area contributed by atoms with Crippen LogP contribution in [-0.4, -0.2) is 42.3 Å². The van der Waals surface area contributed by atoms with Crippen LogP contribution in [0.2, 0.25) is 0 Å². The third-order valence-corrected chi connectivity index (χ3v) is 4.77. The third-order valence-electron chi connectivity index (χ3n) is 4.77. The van der Waals surface area contributed by atoms with E-state index < -0.39 is 5.60 Å². The van der Waals surface area contributed by atoms with Gasteiger partial charge in [-0.2, -0.15) is 0 Å². The zero-order chi connectivity index (χ0) is 15.5. The van der Waals surface area contributed by atoms with Crippen LogP contribution in [0.25, 0.3) is 0 Å². The van der Waals surface area contributed by atoms with Gasteiger partial charge in [0, 0.05) is 19.1 Å². The van der Waals surface area contributed by atoms with E-state index in [1.165, 1.54) is 25.7 Å². The molecule has 0 aromatic carbocycles. The first kappa shape index (κ1) is 16.6. The Morgan fingerprint density at radius 3 is 2.57 bits per heavy atom. The molecule has 2 aliphatic rings. The number of amides is 1. The molecule has 1 aliphatic carbocycles. The van der Waals surface area contributed by atoms with Gasteiger partial charge in [0.05, 0.1) is 0 Å². The fraction of sp³-hybridized carbons (Fsp3) is 0.941. The second kappa shape index (κ2) is 6.99. The monoisotopic (exact) mass is 296 g/mol. The summed E-state index contributed by atoms with van der Waals surface area (Å²) in [6.07, 6.45) is 6.47. The van der Waals surface area contributed by atoms with Gasteiger partial charge in [0.15, 0.2) is 0 Å². The van der Waals surface area contributed by atoms with Crippen LogP contribution in [0.5, 0.6) is 0 Å². The highest BCUT2D eigenvalue weighted by Crippen LogP contribution is 2.28. The molecule has 2 fully saturated rings. The first-order valence-electron chi connectivity index (χ1n) is 8.56. The molecule has 1 saturated heterocycles. The summed E-state index contributed by atoms with van der Waals surface area (Å²) in [5.74, 6) is 1.43. The van der Waals surface area contributed by atoms with E-state index in [0.717, 1.165) is 32.0 Å². The van der Waals surface area contributed by atoms with Gasteiger partial charge in [0.25, 0.3) is 0 Å².